The van der Waals surface area contributed by atoms with E-state index in [1.165, 1.54) is 5.56 Å². The second-order valence-corrected chi connectivity index (χ2v) is 6.23. The average Bonchev–Trinajstić information content (AvgIpc) is 2.47. The molecule has 4 nitrogen and oxygen atoms in total. The molecule has 1 aromatic rings. The maximum absolute atomic E-state index is 12.5. The van der Waals surface area contributed by atoms with Crippen molar-refractivity contribution in [2.75, 3.05) is 33.3 Å². The molecular formula is C17H27ClN2O2. The van der Waals surface area contributed by atoms with E-state index in [0.29, 0.717) is 13.2 Å². The lowest BCUT2D eigenvalue weighted by Gasteiger charge is -2.36. The Morgan fingerprint density at radius 3 is 2.86 bits per heavy atom. The van der Waals surface area contributed by atoms with Crippen LogP contribution < -0.4 is 10.1 Å². The van der Waals surface area contributed by atoms with Gasteiger partial charge in [0, 0.05) is 13.6 Å². The van der Waals surface area contributed by atoms with E-state index in [1.807, 2.05) is 38.2 Å². The minimum Gasteiger partial charge on any atom is -0.492 e. The number of rotatable bonds is 5. The largest absolute Gasteiger partial charge is 0.492 e. The summed E-state index contributed by atoms with van der Waals surface area (Å²) in [5.74, 6) is 1.07. The zero-order chi connectivity index (χ0) is 15.3. The van der Waals surface area contributed by atoms with Gasteiger partial charge in [0.25, 0.3) is 0 Å². The molecule has 1 aliphatic rings. The molecule has 1 amide bonds. The van der Waals surface area contributed by atoms with Gasteiger partial charge in [0.15, 0.2) is 0 Å². The van der Waals surface area contributed by atoms with Gasteiger partial charge >= 0.3 is 0 Å². The summed E-state index contributed by atoms with van der Waals surface area (Å²) in [6.45, 7) is 7.02. The molecule has 0 saturated carbocycles. The third-order valence-electron chi connectivity index (χ3n) is 4.15. The van der Waals surface area contributed by atoms with E-state index < -0.39 is 0 Å². The number of likely N-dealkylation sites (N-methyl/N-ethyl adjacent to an activating group) is 1. The van der Waals surface area contributed by atoms with Crippen molar-refractivity contribution in [1.29, 1.82) is 0 Å². The van der Waals surface area contributed by atoms with Gasteiger partial charge in [-0.05, 0) is 50.9 Å². The van der Waals surface area contributed by atoms with Gasteiger partial charge < -0.3 is 15.0 Å². The second kappa shape index (κ2) is 8.39. The first-order chi connectivity index (χ1) is 10.0. The van der Waals surface area contributed by atoms with Crippen molar-refractivity contribution >= 4 is 18.3 Å². The van der Waals surface area contributed by atoms with E-state index in [9.17, 15) is 4.79 Å². The summed E-state index contributed by atoms with van der Waals surface area (Å²) >= 11 is 0. The van der Waals surface area contributed by atoms with Crippen LogP contribution in [0.15, 0.2) is 24.3 Å². The highest BCUT2D eigenvalue weighted by molar-refractivity contribution is 5.85. The number of nitrogens with zero attached hydrogens (tertiary/aromatic N) is 1. The quantitative estimate of drug-likeness (QED) is 0.904. The van der Waals surface area contributed by atoms with Crippen LogP contribution in [0.2, 0.25) is 0 Å². The summed E-state index contributed by atoms with van der Waals surface area (Å²) in [5.41, 5.74) is 0.911. The first-order valence-corrected chi connectivity index (χ1v) is 7.67. The fourth-order valence-electron chi connectivity index (χ4n) is 2.81. The zero-order valence-electron chi connectivity index (χ0n) is 13.7. The summed E-state index contributed by atoms with van der Waals surface area (Å²) in [6, 6.07) is 7.98. The summed E-state index contributed by atoms with van der Waals surface area (Å²) in [7, 11) is 1.86. The van der Waals surface area contributed by atoms with Crippen molar-refractivity contribution in [3.8, 4) is 5.75 Å². The molecule has 124 valence electrons. The highest BCUT2D eigenvalue weighted by Crippen LogP contribution is 2.27. The Bertz CT molecular complexity index is 487. The third kappa shape index (κ3) is 4.89. The fraction of sp³-hybridized carbons (Fsp3) is 0.588. The van der Waals surface area contributed by atoms with Crippen molar-refractivity contribution in [2.45, 2.75) is 26.7 Å². The molecule has 1 heterocycles. The van der Waals surface area contributed by atoms with Crippen LogP contribution in [0, 0.1) is 12.3 Å². The molecule has 0 radical (unpaired) electrons. The van der Waals surface area contributed by atoms with Crippen LogP contribution in [0.3, 0.4) is 0 Å². The molecule has 1 fully saturated rings. The summed E-state index contributed by atoms with van der Waals surface area (Å²) in [6.07, 6.45) is 2.03. The number of piperidine rings is 1. The number of hydrogen-bond acceptors (Lipinski definition) is 3. The van der Waals surface area contributed by atoms with Gasteiger partial charge in [0.2, 0.25) is 5.91 Å². The Labute approximate surface area is 139 Å². The van der Waals surface area contributed by atoms with Crippen LogP contribution in [-0.4, -0.2) is 44.1 Å². The number of nitrogens with one attached hydrogen (secondary N) is 1. The van der Waals surface area contributed by atoms with Gasteiger partial charge in [-0.2, -0.15) is 0 Å². The van der Waals surface area contributed by atoms with Crippen molar-refractivity contribution in [2.24, 2.45) is 5.41 Å². The SMILES string of the molecule is Cc1cccc(OCCN(C)C(=O)C2(C)CCCNC2)c1.Cl. The molecule has 2 rings (SSSR count). The van der Waals surface area contributed by atoms with E-state index in [1.54, 1.807) is 4.90 Å². The molecule has 1 unspecified atom stereocenters. The smallest absolute Gasteiger partial charge is 0.229 e. The van der Waals surface area contributed by atoms with Gasteiger partial charge in [0.1, 0.15) is 12.4 Å². The Hall–Kier alpha value is -1.26. The third-order valence-corrected chi connectivity index (χ3v) is 4.15. The van der Waals surface area contributed by atoms with Gasteiger partial charge in [-0.3, -0.25) is 4.79 Å². The lowest BCUT2D eigenvalue weighted by atomic mass is 9.81. The number of hydrogen-bond donors (Lipinski definition) is 1. The average molecular weight is 327 g/mol. The maximum atomic E-state index is 12.5. The van der Waals surface area contributed by atoms with E-state index in [-0.39, 0.29) is 23.7 Å². The number of aryl methyl sites for hydroxylation is 1. The second-order valence-electron chi connectivity index (χ2n) is 6.23. The van der Waals surface area contributed by atoms with Crippen LogP contribution in [0.1, 0.15) is 25.3 Å². The topological polar surface area (TPSA) is 41.6 Å². The molecule has 22 heavy (non-hydrogen) atoms. The van der Waals surface area contributed by atoms with Gasteiger partial charge in [0.05, 0.1) is 12.0 Å². The van der Waals surface area contributed by atoms with Crippen molar-refractivity contribution in [3.63, 3.8) is 0 Å². The minimum absolute atomic E-state index is 0. The predicted molar refractivity (Wildman–Crippen MR) is 91.8 cm³/mol. The molecule has 0 bridgehead atoms. The highest BCUT2D eigenvalue weighted by Gasteiger charge is 2.36. The monoisotopic (exact) mass is 326 g/mol. The number of benzene rings is 1. The number of amides is 1. The zero-order valence-corrected chi connectivity index (χ0v) is 14.5. The van der Waals surface area contributed by atoms with Crippen molar-refractivity contribution in [1.82, 2.24) is 10.2 Å². The normalized spacial score (nSPS) is 20.9. The van der Waals surface area contributed by atoms with E-state index in [2.05, 4.69) is 12.2 Å². The molecule has 0 aliphatic carbocycles. The van der Waals surface area contributed by atoms with Gasteiger partial charge in [-0.1, -0.05) is 12.1 Å². The summed E-state index contributed by atoms with van der Waals surface area (Å²) < 4.78 is 5.72. The number of halogens is 1. The van der Waals surface area contributed by atoms with E-state index >= 15 is 0 Å². The molecule has 1 atom stereocenters. The Morgan fingerprint density at radius 1 is 1.45 bits per heavy atom. The van der Waals surface area contributed by atoms with E-state index in [0.717, 1.165) is 31.7 Å². The Balaban J connectivity index is 0.00000242. The van der Waals surface area contributed by atoms with Crippen LogP contribution in [0.25, 0.3) is 0 Å². The molecule has 1 N–H and O–H groups in total. The highest BCUT2D eigenvalue weighted by atomic mass is 35.5. The van der Waals surface area contributed by atoms with E-state index in [4.69, 9.17) is 4.74 Å². The first-order valence-electron chi connectivity index (χ1n) is 7.67. The Kier molecular flexibility index (Phi) is 7.17. The molecule has 1 aromatic carbocycles. The van der Waals surface area contributed by atoms with Crippen LogP contribution in [-0.2, 0) is 4.79 Å². The number of ether oxygens (including phenoxy) is 1. The molecule has 0 spiro atoms. The first kappa shape index (κ1) is 18.8. The van der Waals surface area contributed by atoms with Crippen LogP contribution >= 0.6 is 12.4 Å². The molecule has 5 heteroatoms. The Morgan fingerprint density at radius 2 is 2.23 bits per heavy atom. The standard InChI is InChI=1S/C17H26N2O2.ClH/c1-14-6-4-7-15(12-14)21-11-10-19(3)16(20)17(2)8-5-9-18-13-17;/h4,6-7,12,18H,5,8-11,13H2,1-3H3;1H. The maximum Gasteiger partial charge on any atom is 0.229 e. The molecular weight excluding hydrogens is 300 g/mol. The fourth-order valence-corrected chi connectivity index (χ4v) is 2.81. The molecule has 1 aliphatic heterocycles. The van der Waals surface area contributed by atoms with Crippen LogP contribution in [0.4, 0.5) is 0 Å². The lowest BCUT2D eigenvalue weighted by molar-refractivity contribution is -0.141. The minimum atomic E-state index is -0.268. The van der Waals surface area contributed by atoms with Crippen LogP contribution in [0.5, 0.6) is 5.75 Å². The van der Waals surface area contributed by atoms with Gasteiger partial charge in [-0.15, -0.1) is 12.4 Å². The molecule has 1 saturated heterocycles. The van der Waals surface area contributed by atoms with Crippen molar-refractivity contribution in [3.05, 3.63) is 29.8 Å². The predicted octanol–water partition coefficient (Wildman–Crippen LogP) is 2.64. The van der Waals surface area contributed by atoms with Gasteiger partial charge in [-0.25, -0.2) is 0 Å². The number of carbonyl (C=O) groups is 1. The number of carbonyl (C=O) groups excluding carboxylic acids is 1. The molecule has 0 aromatic heterocycles. The lowest BCUT2D eigenvalue weighted by Crippen LogP contribution is -2.49. The summed E-state index contributed by atoms with van der Waals surface area (Å²) in [4.78, 5) is 14.3. The van der Waals surface area contributed by atoms with Crippen molar-refractivity contribution < 1.29 is 9.53 Å². The summed E-state index contributed by atoms with van der Waals surface area (Å²) in [5, 5.41) is 3.32.